The highest BCUT2D eigenvalue weighted by molar-refractivity contribution is 7.92. The standard InChI is InChI=1S/C14H18FNO4S/c1-9(2)14(10(3)17)16-13(18)8-21(19,20)12-6-4-5-11(15)7-12/h4-7,9,14H,8H2,1-3H3,(H,16,18). The molecule has 0 fully saturated rings. The van der Waals surface area contributed by atoms with Crippen LogP contribution in [0.15, 0.2) is 29.2 Å². The van der Waals surface area contributed by atoms with Gasteiger partial charge in [-0.25, -0.2) is 12.8 Å². The summed E-state index contributed by atoms with van der Waals surface area (Å²) >= 11 is 0. The molecule has 1 amide bonds. The molecule has 1 aromatic carbocycles. The van der Waals surface area contributed by atoms with Gasteiger partial charge in [-0.15, -0.1) is 0 Å². The van der Waals surface area contributed by atoms with Gasteiger partial charge in [0.15, 0.2) is 15.6 Å². The number of Topliss-reactive ketones (excluding diaryl/α,β-unsaturated/α-hetero) is 1. The van der Waals surface area contributed by atoms with Crippen molar-refractivity contribution in [2.45, 2.75) is 31.7 Å². The van der Waals surface area contributed by atoms with Crippen LogP contribution in [0.3, 0.4) is 0 Å². The lowest BCUT2D eigenvalue weighted by Gasteiger charge is -2.19. The molecule has 1 N–H and O–H groups in total. The lowest BCUT2D eigenvalue weighted by molar-refractivity contribution is -0.126. The van der Waals surface area contributed by atoms with E-state index in [9.17, 15) is 22.4 Å². The Labute approximate surface area is 123 Å². The maximum atomic E-state index is 13.0. The van der Waals surface area contributed by atoms with E-state index in [2.05, 4.69) is 5.32 Å². The minimum absolute atomic E-state index is 0.150. The third-order valence-corrected chi connectivity index (χ3v) is 4.51. The number of amides is 1. The fraction of sp³-hybridized carbons (Fsp3) is 0.429. The zero-order valence-corrected chi connectivity index (χ0v) is 12.9. The van der Waals surface area contributed by atoms with Crippen molar-refractivity contribution in [2.75, 3.05) is 5.75 Å². The van der Waals surface area contributed by atoms with Crippen LogP contribution in [0.1, 0.15) is 20.8 Å². The summed E-state index contributed by atoms with van der Waals surface area (Å²) in [6.45, 7) is 4.81. The van der Waals surface area contributed by atoms with Gasteiger partial charge in [0.05, 0.1) is 10.9 Å². The number of ketones is 1. The molecule has 1 rings (SSSR count). The van der Waals surface area contributed by atoms with Gasteiger partial charge in [-0.1, -0.05) is 19.9 Å². The number of sulfone groups is 1. The van der Waals surface area contributed by atoms with Crippen LogP contribution in [0, 0.1) is 11.7 Å². The van der Waals surface area contributed by atoms with Crippen molar-refractivity contribution in [3.05, 3.63) is 30.1 Å². The number of rotatable bonds is 6. The maximum Gasteiger partial charge on any atom is 0.236 e. The van der Waals surface area contributed by atoms with E-state index in [0.29, 0.717) is 0 Å². The molecule has 0 heterocycles. The molecule has 1 aromatic rings. The second-order valence-electron chi connectivity index (χ2n) is 5.12. The van der Waals surface area contributed by atoms with Gasteiger partial charge in [-0.3, -0.25) is 9.59 Å². The normalized spacial score (nSPS) is 13.0. The predicted octanol–water partition coefficient (Wildman–Crippen LogP) is 1.33. The molecule has 1 unspecified atom stereocenters. The van der Waals surface area contributed by atoms with E-state index in [1.165, 1.54) is 19.1 Å². The minimum Gasteiger partial charge on any atom is -0.345 e. The fourth-order valence-corrected chi connectivity index (χ4v) is 3.04. The summed E-state index contributed by atoms with van der Waals surface area (Å²) in [5, 5.41) is 2.39. The fourth-order valence-electron chi connectivity index (χ4n) is 1.87. The van der Waals surface area contributed by atoms with Crippen LogP contribution in [-0.2, 0) is 19.4 Å². The van der Waals surface area contributed by atoms with Crippen LogP contribution >= 0.6 is 0 Å². The number of benzene rings is 1. The highest BCUT2D eigenvalue weighted by atomic mass is 32.2. The molecule has 0 aliphatic carbocycles. The van der Waals surface area contributed by atoms with Gasteiger partial charge in [0.25, 0.3) is 0 Å². The van der Waals surface area contributed by atoms with E-state index >= 15 is 0 Å². The Bertz CT molecular complexity index is 640. The van der Waals surface area contributed by atoms with Crippen molar-refractivity contribution in [3.8, 4) is 0 Å². The summed E-state index contributed by atoms with van der Waals surface area (Å²) in [6.07, 6.45) is 0. The zero-order valence-electron chi connectivity index (χ0n) is 12.1. The van der Waals surface area contributed by atoms with Crippen molar-refractivity contribution >= 4 is 21.5 Å². The van der Waals surface area contributed by atoms with E-state index < -0.39 is 33.4 Å². The average molecular weight is 315 g/mol. The lowest BCUT2D eigenvalue weighted by Crippen LogP contribution is -2.45. The van der Waals surface area contributed by atoms with Gasteiger partial charge < -0.3 is 5.32 Å². The quantitative estimate of drug-likeness (QED) is 0.859. The smallest absolute Gasteiger partial charge is 0.236 e. The summed E-state index contributed by atoms with van der Waals surface area (Å²) < 4.78 is 37.1. The molecule has 0 aromatic heterocycles. The van der Waals surface area contributed by atoms with Crippen LogP contribution in [0.5, 0.6) is 0 Å². The summed E-state index contributed by atoms with van der Waals surface area (Å²) in [7, 11) is -3.94. The Morgan fingerprint density at radius 2 is 1.90 bits per heavy atom. The topological polar surface area (TPSA) is 80.3 Å². The Balaban J connectivity index is 2.85. The van der Waals surface area contributed by atoms with Crippen LogP contribution in [0.4, 0.5) is 4.39 Å². The molecular weight excluding hydrogens is 297 g/mol. The van der Waals surface area contributed by atoms with Gasteiger partial charge in [-0.2, -0.15) is 0 Å². The molecule has 0 aliphatic rings. The van der Waals surface area contributed by atoms with E-state index in [1.54, 1.807) is 13.8 Å². The van der Waals surface area contributed by atoms with E-state index in [0.717, 1.165) is 12.1 Å². The van der Waals surface area contributed by atoms with Crippen molar-refractivity contribution < 1.29 is 22.4 Å². The highest BCUT2D eigenvalue weighted by Crippen LogP contribution is 2.12. The molecule has 0 saturated carbocycles. The van der Waals surface area contributed by atoms with E-state index in [1.807, 2.05) is 0 Å². The predicted molar refractivity (Wildman–Crippen MR) is 75.9 cm³/mol. The van der Waals surface area contributed by atoms with Gasteiger partial charge in [0, 0.05) is 0 Å². The van der Waals surface area contributed by atoms with Crippen molar-refractivity contribution in [3.63, 3.8) is 0 Å². The van der Waals surface area contributed by atoms with Crippen LogP contribution in [-0.4, -0.2) is 31.9 Å². The minimum atomic E-state index is -3.94. The first-order chi connectivity index (χ1) is 9.63. The SMILES string of the molecule is CC(=O)C(NC(=O)CS(=O)(=O)c1cccc(F)c1)C(C)C. The molecule has 0 saturated heterocycles. The third kappa shape index (κ3) is 4.93. The first-order valence-corrected chi connectivity index (χ1v) is 8.07. The van der Waals surface area contributed by atoms with Gasteiger partial charge in [0.2, 0.25) is 5.91 Å². The molecule has 7 heteroatoms. The van der Waals surface area contributed by atoms with Crippen molar-refractivity contribution in [2.24, 2.45) is 5.92 Å². The monoisotopic (exact) mass is 315 g/mol. The van der Waals surface area contributed by atoms with Crippen LogP contribution in [0.25, 0.3) is 0 Å². The van der Waals surface area contributed by atoms with Gasteiger partial charge in [-0.05, 0) is 31.0 Å². The summed E-state index contributed by atoms with van der Waals surface area (Å²) in [6, 6.07) is 3.71. The van der Waals surface area contributed by atoms with Gasteiger partial charge in [0.1, 0.15) is 11.6 Å². The number of hydrogen-bond donors (Lipinski definition) is 1. The summed E-state index contributed by atoms with van der Waals surface area (Å²) in [5.74, 6) is -2.70. The van der Waals surface area contributed by atoms with Gasteiger partial charge >= 0.3 is 0 Å². The molecule has 0 bridgehead atoms. The molecule has 0 spiro atoms. The molecule has 5 nitrogen and oxygen atoms in total. The van der Waals surface area contributed by atoms with Crippen molar-refractivity contribution in [1.82, 2.24) is 5.32 Å². The summed E-state index contributed by atoms with van der Waals surface area (Å²) in [5.41, 5.74) is 0. The number of hydrogen-bond acceptors (Lipinski definition) is 4. The van der Waals surface area contributed by atoms with E-state index in [4.69, 9.17) is 0 Å². The van der Waals surface area contributed by atoms with E-state index in [-0.39, 0.29) is 16.6 Å². The Hall–Kier alpha value is -1.76. The number of halogens is 1. The molecule has 1 atom stereocenters. The number of carbonyl (C=O) groups is 2. The van der Waals surface area contributed by atoms with Crippen LogP contribution < -0.4 is 5.32 Å². The first kappa shape index (κ1) is 17.3. The highest BCUT2D eigenvalue weighted by Gasteiger charge is 2.25. The third-order valence-electron chi connectivity index (χ3n) is 2.90. The summed E-state index contributed by atoms with van der Waals surface area (Å²) in [4.78, 5) is 22.9. The Morgan fingerprint density at radius 1 is 1.29 bits per heavy atom. The van der Waals surface area contributed by atoms with Crippen LogP contribution in [0.2, 0.25) is 0 Å². The molecule has 0 aliphatic heterocycles. The molecule has 0 radical (unpaired) electrons. The molecular formula is C14H18FNO4S. The first-order valence-electron chi connectivity index (χ1n) is 6.41. The number of carbonyl (C=O) groups excluding carboxylic acids is 2. The molecule has 116 valence electrons. The largest absolute Gasteiger partial charge is 0.345 e. The second-order valence-corrected chi connectivity index (χ2v) is 7.11. The Morgan fingerprint density at radius 3 is 2.38 bits per heavy atom. The second kappa shape index (κ2) is 6.80. The average Bonchev–Trinajstić information content (AvgIpc) is 2.34. The maximum absolute atomic E-state index is 13.0. The molecule has 21 heavy (non-hydrogen) atoms. The van der Waals surface area contributed by atoms with Crippen molar-refractivity contribution in [1.29, 1.82) is 0 Å². The zero-order chi connectivity index (χ0) is 16.2. The number of nitrogens with one attached hydrogen (secondary N) is 1. The Kier molecular flexibility index (Phi) is 5.60. The lowest BCUT2D eigenvalue weighted by atomic mass is 10.0.